The number of amides is 2. The minimum atomic E-state index is -4.44. The number of nitrogens with zero attached hydrogens (tertiary/aromatic N) is 2. The molecule has 0 aliphatic carbocycles. The summed E-state index contributed by atoms with van der Waals surface area (Å²) in [6.07, 6.45) is -4.44. The molecule has 0 bridgehead atoms. The number of likely N-dealkylation sites (tertiary alicyclic amines) is 1. The van der Waals surface area contributed by atoms with Crippen molar-refractivity contribution in [3.8, 4) is 0 Å². The van der Waals surface area contributed by atoms with Gasteiger partial charge < -0.3 is 14.9 Å². The number of carbonyl (C=O) groups is 2. The van der Waals surface area contributed by atoms with E-state index in [1.54, 1.807) is 0 Å². The molecular formula is C8H11F3N2O3. The van der Waals surface area contributed by atoms with Gasteiger partial charge >= 0.3 is 18.2 Å². The summed E-state index contributed by atoms with van der Waals surface area (Å²) in [6, 6.07) is -0.796. The van der Waals surface area contributed by atoms with Crippen molar-refractivity contribution in [3.63, 3.8) is 0 Å². The van der Waals surface area contributed by atoms with E-state index >= 15 is 0 Å². The Bertz CT molecular complexity index is 299. The maximum Gasteiger partial charge on any atom is 0.406 e. The quantitative estimate of drug-likeness (QED) is 0.769. The molecule has 92 valence electrons. The number of hydrogen-bond donors (Lipinski definition) is 1. The first-order valence-corrected chi connectivity index (χ1v) is 4.50. The Morgan fingerprint density at radius 1 is 1.44 bits per heavy atom. The number of rotatable bonds is 2. The molecule has 0 saturated carbocycles. The number of halogens is 3. The Morgan fingerprint density at radius 2 is 1.94 bits per heavy atom. The molecule has 8 heteroatoms. The van der Waals surface area contributed by atoms with Gasteiger partial charge in [0.2, 0.25) is 0 Å². The molecule has 5 nitrogen and oxygen atoms in total. The molecule has 1 N–H and O–H groups in total. The lowest BCUT2D eigenvalue weighted by Gasteiger charge is -2.39. The molecule has 0 spiro atoms. The highest BCUT2D eigenvalue weighted by molar-refractivity contribution is 5.79. The van der Waals surface area contributed by atoms with Gasteiger partial charge in [0.15, 0.2) is 0 Å². The van der Waals surface area contributed by atoms with E-state index in [1.165, 1.54) is 0 Å². The number of alkyl halides is 3. The van der Waals surface area contributed by atoms with Crippen LogP contribution in [0.2, 0.25) is 0 Å². The first kappa shape index (κ1) is 12.6. The van der Waals surface area contributed by atoms with Gasteiger partial charge in [0, 0.05) is 20.1 Å². The number of urea groups is 1. The molecule has 0 unspecified atom stereocenters. The van der Waals surface area contributed by atoms with E-state index in [0.29, 0.717) is 4.90 Å². The zero-order valence-corrected chi connectivity index (χ0v) is 8.49. The smallest absolute Gasteiger partial charge is 0.406 e. The van der Waals surface area contributed by atoms with Gasteiger partial charge in [-0.05, 0) is 0 Å². The van der Waals surface area contributed by atoms with Crippen LogP contribution in [0.5, 0.6) is 0 Å². The maximum absolute atomic E-state index is 12.0. The lowest BCUT2D eigenvalue weighted by Crippen LogP contribution is -2.57. The third-order valence-electron chi connectivity index (χ3n) is 2.24. The number of carbonyl (C=O) groups excluding carboxylic acids is 1. The van der Waals surface area contributed by atoms with Gasteiger partial charge in [0.25, 0.3) is 0 Å². The molecule has 1 heterocycles. The average Bonchev–Trinajstić information content (AvgIpc) is 1.96. The SMILES string of the molecule is CN(CC(F)(F)F)C(=O)N1CC(C(=O)O)C1. The summed E-state index contributed by atoms with van der Waals surface area (Å²) in [5, 5.41) is 8.53. The zero-order valence-electron chi connectivity index (χ0n) is 8.49. The summed E-state index contributed by atoms with van der Waals surface area (Å²) in [5.41, 5.74) is 0. The molecule has 1 rings (SSSR count). The van der Waals surface area contributed by atoms with E-state index < -0.39 is 30.6 Å². The highest BCUT2D eigenvalue weighted by Crippen LogP contribution is 2.20. The van der Waals surface area contributed by atoms with E-state index in [-0.39, 0.29) is 13.1 Å². The fourth-order valence-corrected chi connectivity index (χ4v) is 1.37. The minimum Gasteiger partial charge on any atom is -0.481 e. The maximum atomic E-state index is 12.0. The van der Waals surface area contributed by atoms with Gasteiger partial charge in [0.05, 0.1) is 5.92 Å². The van der Waals surface area contributed by atoms with Crippen molar-refractivity contribution in [3.05, 3.63) is 0 Å². The van der Waals surface area contributed by atoms with Crippen LogP contribution >= 0.6 is 0 Å². The van der Waals surface area contributed by atoms with E-state index in [2.05, 4.69) is 0 Å². The topological polar surface area (TPSA) is 60.9 Å². The van der Waals surface area contributed by atoms with Crippen LogP contribution in [0.3, 0.4) is 0 Å². The van der Waals surface area contributed by atoms with Gasteiger partial charge in [-0.2, -0.15) is 13.2 Å². The normalized spacial score (nSPS) is 16.9. The second-order valence-corrected chi connectivity index (χ2v) is 3.69. The second kappa shape index (κ2) is 4.18. The van der Waals surface area contributed by atoms with Crippen LogP contribution in [-0.4, -0.2) is 59.8 Å². The predicted molar refractivity (Wildman–Crippen MR) is 46.8 cm³/mol. The van der Waals surface area contributed by atoms with Crippen LogP contribution in [0.4, 0.5) is 18.0 Å². The summed E-state index contributed by atoms with van der Waals surface area (Å²) in [4.78, 5) is 23.3. The molecule has 0 radical (unpaired) electrons. The van der Waals surface area contributed by atoms with Crippen LogP contribution in [0.25, 0.3) is 0 Å². The Morgan fingerprint density at radius 3 is 2.31 bits per heavy atom. The molecule has 1 fully saturated rings. The Kier molecular flexibility index (Phi) is 3.30. The first-order valence-electron chi connectivity index (χ1n) is 4.50. The van der Waals surface area contributed by atoms with E-state index in [9.17, 15) is 22.8 Å². The highest BCUT2D eigenvalue weighted by Gasteiger charge is 2.39. The van der Waals surface area contributed by atoms with E-state index in [1.807, 2.05) is 0 Å². The Hall–Kier alpha value is -1.47. The molecule has 1 saturated heterocycles. The summed E-state index contributed by atoms with van der Waals surface area (Å²) >= 11 is 0. The van der Waals surface area contributed by atoms with Gasteiger partial charge in [-0.1, -0.05) is 0 Å². The van der Waals surface area contributed by atoms with Crippen LogP contribution < -0.4 is 0 Å². The molecular weight excluding hydrogens is 229 g/mol. The fraction of sp³-hybridized carbons (Fsp3) is 0.750. The fourth-order valence-electron chi connectivity index (χ4n) is 1.37. The molecule has 1 aliphatic rings. The van der Waals surface area contributed by atoms with Gasteiger partial charge in [-0.3, -0.25) is 4.79 Å². The molecule has 0 aromatic rings. The number of aliphatic carboxylic acids is 1. The molecule has 0 aromatic carbocycles. The molecule has 0 aromatic heterocycles. The standard InChI is InChI=1S/C8H11F3N2O3/c1-12(4-8(9,10)11)7(16)13-2-5(3-13)6(14)15/h5H,2-4H2,1H3,(H,14,15). The number of carboxylic acid groups (broad SMARTS) is 1. The van der Waals surface area contributed by atoms with Crippen LogP contribution in [0.1, 0.15) is 0 Å². The van der Waals surface area contributed by atoms with Crippen LogP contribution in [0.15, 0.2) is 0 Å². The van der Waals surface area contributed by atoms with Crippen LogP contribution in [0, 0.1) is 5.92 Å². The van der Waals surface area contributed by atoms with Crippen molar-refractivity contribution >= 4 is 12.0 Å². The van der Waals surface area contributed by atoms with Gasteiger partial charge in [0.1, 0.15) is 6.54 Å². The molecule has 2 amide bonds. The van der Waals surface area contributed by atoms with E-state index in [4.69, 9.17) is 5.11 Å². The summed E-state index contributed by atoms with van der Waals surface area (Å²) in [5.74, 6) is -1.70. The van der Waals surface area contributed by atoms with Crippen molar-refractivity contribution in [2.75, 3.05) is 26.7 Å². The largest absolute Gasteiger partial charge is 0.481 e. The van der Waals surface area contributed by atoms with Crippen molar-refractivity contribution in [2.24, 2.45) is 5.92 Å². The number of hydrogen-bond acceptors (Lipinski definition) is 2. The first-order chi connectivity index (χ1) is 7.20. The molecule has 1 aliphatic heterocycles. The lowest BCUT2D eigenvalue weighted by molar-refractivity contribution is -0.148. The van der Waals surface area contributed by atoms with Crippen molar-refractivity contribution < 1.29 is 27.9 Å². The predicted octanol–water partition coefficient (Wildman–Crippen LogP) is 0.617. The Balaban J connectivity index is 2.40. The lowest BCUT2D eigenvalue weighted by atomic mass is 10.0. The van der Waals surface area contributed by atoms with Gasteiger partial charge in [-0.15, -0.1) is 0 Å². The van der Waals surface area contributed by atoms with Crippen molar-refractivity contribution in [1.82, 2.24) is 9.80 Å². The number of carboxylic acids is 1. The van der Waals surface area contributed by atoms with E-state index in [0.717, 1.165) is 11.9 Å². The monoisotopic (exact) mass is 240 g/mol. The van der Waals surface area contributed by atoms with Gasteiger partial charge in [-0.25, -0.2) is 4.79 Å². The third kappa shape index (κ3) is 3.01. The average molecular weight is 240 g/mol. The molecule has 16 heavy (non-hydrogen) atoms. The summed E-state index contributed by atoms with van der Waals surface area (Å²) in [6.45, 7) is -1.40. The zero-order chi connectivity index (χ0) is 12.5. The third-order valence-corrected chi connectivity index (χ3v) is 2.24. The minimum absolute atomic E-state index is 0.0314. The highest BCUT2D eigenvalue weighted by atomic mass is 19.4. The second-order valence-electron chi connectivity index (χ2n) is 3.69. The van der Waals surface area contributed by atoms with Crippen molar-refractivity contribution in [2.45, 2.75) is 6.18 Å². The summed E-state index contributed by atoms with van der Waals surface area (Å²) < 4.78 is 35.9. The van der Waals surface area contributed by atoms with Crippen molar-refractivity contribution in [1.29, 1.82) is 0 Å². The Labute approximate surface area is 89.4 Å². The van der Waals surface area contributed by atoms with Crippen LogP contribution in [-0.2, 0) is 4.79 Å². The molecule has 0 atom stereocenters. The summed E-state index contributed by atoms with van der Waals surface area (Å²) in [7, 11) is 1.03.